The lowest BCUT2D eigenvalue weighted by atomic mass is 9.90. The molecule has 1 N–H and O–H groups in total. The van der Waals surface area contributed by atoms with Gasteiger partial charge in [-0.25, -0.2) is 0 Å². The second-order valence-corrected chi connectivity index (χ2v) is 6.42. The monoisotopic (exact) mass is 307 g/mol. The first kappa shape index (κ1) is 13.6. The summed E-state index contributed by atoms with van der Waals surface area (Å²) in [4.78, 5) is 14.8. The van der Waals surface area contributed by atoms with Crippen molar-refractivity contribution in [2.75, 3.05) is 6.54 Å². The molecule has 0 fully saturated rings. The Morgan fingerprint density at radius 1 is 1.45 bits per heavy atom. The van der Waals surface area contributed by atoms with Gasteiger partial charge in [0.15, 0.2) is 0 Å². The number of carbonyl (C=O) groups is 1. The third-order valence-electron chi connectivity index (χ3n) is 3.56. The van der Waals surface area contributed by atoms with E-state index in [1.807, 2.05) is 35.7 Å². The molecule has 0 spiro atoms. The van der Waals surface area contributed by atoms with Crippen molar-refractivity contribution < 1.29 is 9.90 Å². The van der Waals surface area contributed by atoms with Crippen LogP contribution in [0.5, 0.6) is 0 Å². The summed E-state index contributed by atoms with van der Waals surface area (Å²) in [6.07, 6.45) is 0. The number of hydrogen-bond acceptors (Lipinski definition) is 3. The lowest BCUT2D eigenvalue weighted by molar-refractivity contribution is -0.139. The molecule has 104 valence electrons. The number of nitrogens with zero attached hydrogens (tertiary/aromatic N) is 1. The van der Waals surface area contributed by atoms with Crippen LogP contribution in [0.1, 0.15) is 21.9 Å². The fourth-order valence-corrected chi connectivity index (χ4v) is 3.78. The van der Waals surface area contributed by atoms with Gasteiger partial charge in [-0.15, -0.1) is 11.3 Å². The standard InChI is InChI=1S/C15H14ClNO2S/c16-11-5-12(20-9-11)7-17-6-10-3-1-2-4-13(10)14(8-17)15(18)19/h1-5,9,14H,6-8H2,(H,18,19). The normalized spacial score (nSPS) is 18.8. The van der Waals surface area contributed by atoms with Crippen LogP contribution >= 0.6 is 22.9 Å². The molecule has 0 amide bonds. The molecule has 2 aromatic rings. The highest BCUT2D eigenvalue weighted by Gasteiger charge is 2.30. The van der Waals surface area contributed by atoms with Gasteiger partial charge in [-0.2, -0.15) is 0 Å². The molecule has 1 atom stereocenters. The minimum absolute atomic E-state index is 0.449. The minimum Gasteiger partial charge on any atom is -0.481 e. The van der Waals surface area contributed by atoms with Gasteiger partial charge in [0.1, 0.15) is 0 Å². The van der Waals surface area contributed by atoms with E-state index < -0.39 is 11.9 Å². The minimum atomic E-state index is -0.758. The van der Waals surface area contributed by atoms with Crippen LogP contribution in [-0.2, 0) is 17.9 Å². The van der Waals surface area contributed by atoms with Gasteiger partial charge >= 0.3 is 5.97 Å². The number of rotatable bonds is 3. The van der Waals surface area contributed by atoms with Gasteiger partial charge in [-0.1, -0.05) is 35.9 Å². The Morgan fingerprint density at radius 2 is 2.25 bits per heavy atom. The molecule has 3 rings (SSSR count). The molecule has 1 unspecified atom stereocenters. The second-order valence-electron chi connectivity index (χ2n) is 4.99. The molecule has 1 aliphatic rings. The van der Waals surface area contributed by atoms with Crippen LogP contribution in [0.15, 0.2) is 35.7 Å². The maximum atomic E-state index is 11.5. The molecule has 0 radical (unpaired) electrons. The molecule has 1 aromatic heterocycles. The number of aliphatic carboxylic acids is 1. The Hall–Kier alpha value is -1.36. The van der Waals surface area contributed by atoms with Crippen molar-refractivity contribution in [1.29, 1.82) is 0 Å². The highest BCUT2D eigenvalue weighted by atomic mass is 35.5. The number of carboxylic acid groups (broad SMARTS) is 1. The van der Waals surface area contributed by atoms with E-state index >= 15 is 0 Å². The number of halogens is 1. The first-order valence-corrected chi connectivity index (χ1v) is 7.65. The maximum Gasteiger partial charge on any atom is 0.312 e. The number of benzene rings is 1. The summed E-state index contributed by atoms with van der Waals surface area (Å²) >= 11 is 7.55. The number of fused-ring (bicyclic) bond motifs is 1. The zero-order valence-corrected chi connectivity index (χ0v) is 12.3. The second kappa shape index (κ2) is 5.56. The lowest BCUT2D eigenvalue weighted by Crippen LogP contribution is -2.36. The molecule has 1 aliphatic heterocycles. The van der Waals surface area contributed by atoms with Crippen LogP contribution in [0.2, 0.25) is 5.02 Å². The average Bonchev–Trinajstić information content (AvgIpc) is 2.83. The molecule has 0 saturated heterocycles. The number of hydrogen-bond donors (Lipinski definition) is 1. The molecular formula is C15H14ClNO2S. The number of carboxylic acids is 1. The van der Waals surface area contributed by atoms with Crippen molar-refractivity contribution in [2.24, 2.45) is 0 Å². The summed E-state index contributed by atoms with van der Waals surface area (Å²) in [7, 11) is 0. The van der Waals surface area contributed by atoms with E-state index in [1.54, 1.807) is 11.3 Å². The topological polar surface area (TPSA) is 40.5 Å². The van der Waals surface area contributed by atoms with Crippen LogP contribution in [-0.4, -0.2) is 22.5 Å². The Kier molecular flexibility index (Phi) is 3.78. The molecule has 2 heterocycles. The summed E-state index contributed by atoms with van der Waals surface area (Å²) < 4.78 is 0. The van der Waals surface area contributed by atoms with Gasteiger partial charge in [-0.05, 0) is 17.2 Å². The van der Waals surface area contributed by atoms with Crippen molar-refractivity contribution in [1.82, 2.24) is 4.90 Å². The Morgan fingerprint density at radius 3 is 2.95 bits per heavy atom. The molecule has 1 aromatic carbocycles. The molecule has 0 bridgehead atoms. The predicted octanol–water partition coefficient (Wildman–Crippen LogP) is 3.59. The van der Waals surface area contributed by atoms with Gasteiger partial charge < -0.3 is 5.11 Å². The molecule has 0 aliphatic carbocycles. The Labute approximate surface area is 126 Å². The van der Waals surface area contributed by atoms with Gasteiger partial charge in [0.2, 0.25) is 0 Å². The summed E-state index contributed by atoms with van der Waals surface area (Å²) in [6.45, 7) is 2.08. The summed E-state index contributed by atoms with van der Waals surface area (Å²) in [5.41, 5.74) is 2.05. The highest BCUT2D eigenvalue weighted by Crippen LogP contribution is 2.30. The molecule has 5 heteroatoms. The van der Waals surface area contributed by atoms with Crippen molar-refractivity contribution in [3.63, 3.8) is 0 Å². The molecular weight excluding hydrogens is 294 g/mol. The van der Waals surface area contributed by atoms with Crippen LogP contribution in [0, 0.1) is 0 Å². The SMILES string of the molecule is O=C(O)C1CN(Cc2cc(Cl)cs2)Cc2ccccc21. The first-order valence-electron chi connectivity index (χ1n) is 6.39. The van der Waals surface area contributed by atoms with E-state index in [-0.39, 0.29) is 0 Å². The lowest BCUT2D eigenvalue weighted by Gasteiger charge is -2.32. The smallest absolute Gasteiger partial charge is 0.312 e. The van der Waals surface area contributed by atoms with Crippen molar-refractivity contribution in [3.8, 4) is 0 Å². The first-order chi connectivity index (χ1) is 9.63. The predicted molar refractivity (Wildman–Crippen MR) is 80.3 cm³/mol. The molecule has 0 saturated carbocycles. The van der Waals surface area contributed by atoms with E-state index in [4.69, 9.17) is 11.6 Å². The summed E-state index contributed by atoms with van der Waals surface area (Å²) in [5.74, 6) is -1.21. The average molecular weight is 308 g/mol. The van der Waals surface area contributed by atoms with Gasteiger partial charge in [0.25, 0.3) is 0 Å². The van der Waals surface area contributed by atoms with E-state index in [0.717, 1.165) is 29.2 Å². The highest BCUT2D eigenvalue weighted by molar-refractivity contribution is 7.10. The van der Waals surface area contributed by atoms with Crippen LogP contribution in [0.25, 0.3) is 0 Å². The van der Waals surface area contributed by atoms with Crippen LogP contribution in [0.3, 0.4) is 0 Å². The third kappa shape index (κ3) is 2.73. The molecule has 20 heavy (non-hydrogen) atoms. The molecule has 3 nitrogen and oxygen atoms in total. The largest absolute Gasteiger partial charge is 0.481 e. The Balaban J connectivity index is 1.84. The zero-order chi connectivity index (χ0) is 14.1. The van der Waals surface area contributed by atoms with Crippen molar-refractivity contribution in [2.45, 2.75) is 19.0 Å². The van der Waals surface area contributed by atoms with Crippen LogP contribution < -0.4 is 0 Å². The summed E-state index contributed by atoms with van der Waals surface area (Å²) in [5, 5.41) is 12.1. The van der Waals surface area contributed by atoms with Gasteiger partial charge in [-0.3, -0.25) is 9.69 Å². The quantitative estimate of drug-likeness (QED) is 0.942. The van der Waals surface area contributed by atoms with Gasteiger partial charge in [0, 0.05) is 29.9 Å². The van der Waals surface area contributed by atoms with Gasteiger partial charge in [0.05, 0.1) is 10.9 Å². The fourth-order valence-electron chi connectivity index (χ4n) is 2.67. The van der Waals surface area contributed by atoms with E-state index in [2.05, 4.69) is 4.90 Å². The van der Waals surface area contributed by atoms with Crippen molar-refractivity contribution in [3.05, 3.63) is 56.7 Å². The van der Waals surface area contributed by atoms with E-state index in [0.29, 0.717) is 6.54 Å². The number of thiophene rings is 1. The third-order valence-corrected chi connectivity index (χ3v) is 4.83. The van der Waals surface area contributed by atoms with Crippen molar-refractivity contribution >= 4 is 28.9 Å². The van der Waals surface area contributed by atoms with E-state index in [1.165, 1.54) is 4.88 Å². The van der Waals surface area contributed by atoms with E-state index in [9.17, 15) is 9.90 Å². The summed E-state index contributed by atoms with van der Waals surface area (Å²) in [6, 6.07) is 9.75. The Bertz CT molecular complexity index is 640. The zero-order valence-electron chi connectivity index (χ0n) is 10.8. The maximum absolute atomic E-state index is 11.5. The fraction of sp³-hybridized carbons (Fsp3) is 0.267. The van der Waals surface area contributed by atoms with Crippen LogP contribution in [0.4, 0.5) is 0 Å².